The Bertz CT molecular complexity index is 693. The van der Waals surface area contributed by atoms with Crippen molar-refractivity contribution >= 4 is 15.5 Å². The zero-order valence-corrected chi connectivity index (χ0v) is 10.7. The van der Waals surface area contributed by atoms with Crippen LogP contribution in [0.3, 0.4) is 0 Å². The lowest BCUT2D eigenvalue weighted by Gasteiger charge is -1.98. The maximum absolute atomic E-state index is 11.4. The summed E-state index contributed by atoms with van der Waals surface area (Å²) >= 11 is 0. The lowest BCUT2D eigenvalue weighted by molar-refractivity contribution is 0.414. The van der Waals surface area contributed by atoms with Crippen LogP contribution in [0.15, 0.2) is 18.3 Å². The summed E-state index contributed by atoms with van der Waals surface area (Å²) in [7, 11) is -1.32. The molecule has 0 aromatic carbocycles. The smallest absolute Gasteiger partial charge is 0.159 e. The third-order valence-electron chi connectivity index (χ3n) is 3.16. The van der Waals surface area contributed by atoms with Gasteiger partial charge in [0, 0.05) is 18.2 Å². The third kappa shape index (κ3) is 1.94. The molecule has 0 saturated carbocycles. The van der Waals surface area contributed by atoms with Crippen molar-refractivity contribution in [1.82, 2.24) is 14.6 Å². The molecule has 0 amide bonds. The van der Waals surface area contributed by atoms with Crippen LogP contribution in [0.2, 0.25) is 0 Å². The Kier molecular flexibility index (Phi) is 2.51. The molecular formula is C11H13N3O3S. The van der Waals surface area contributed by atoms with Crippen LogP contribution in [0, 0.1) is 0 Å². The highest BCUT2D eigenvalue weighted by Gasteiger charge is 2.31. The highest BCUT2D eigenvalue weighted by molar-refractivity contribution is 7.91. The van der Waals surface area contributed by atoms with Gasteiger partial charge in [-0.15, -0.1) is 0 Å². The molecule has 1 unspecified atom stereocenters. The van der Waals surface area contributed by atoms with Gasteiger partial charge in [0.2, 0.25) is 0 Å². The number of fused-ring (bicyclic) bond motifs is 1. The molecule has 3 rings (SSSR count). The molecule has 6 nitrogen and oxygen atoms in total. The Balaban J connectivity index is 1.99. The van der Waals surface area contributed by atoms with Crippen molar-refractivity contribution in [2.45, 2.75) is 12.3 Å². The predicted molar refractivity (Wildman–Crippen MR) is 65.6 cm³/mol. The van der Waals surface area contributed by atoms with Gasteiger partial charge in [-0.1, -0.05) is 0 Å². The van der Waals surface area contributed by atoms with Gasteiger partial charge in [-0.05, 0) is 12.5 Å². The number of rotatable bonds is 2. The first-order valence-corrected chi connectivity index (χ1v) is 7.50. The maximum Gasteiger partial charge on any atom is 0.159 e. The Labute approximate surface area is 105 Å². The van der Waals surface area contributed by atoms with E-state index in [0.29, 0.717) is 23.6 Å². The second-order valence-corrected chi connectivity index (χ2v) is 6.67. The average molecular weight is 267 g/mol. The third-order valence-corrected chi connectivity index (χ3v) is 4.93. The van der Waals surface area contributed by atoms with Crippen LogP contribution < -0.4 is 4.74 Å². The fourth-order valence-electron chi connectivity index (χ4n) is 2.18. The number of aromatic nitrogens is 3. The van der Waals surface area contributed by atoms with Crippen molar-refractivity contribution in [2.75, 3.05) is 18.6 Å². The number of nitrogens with zero attached hydrogens (tertiary/aromatic N) is 3. The number of ether oxygens (including phenoxy) is 1. The van der Waals surface area contributed by atoms with Crippen LogP contribution in [0.25, 0.3) is 5.65 Å². The van der Waals surface area contributed by atoms with Gasteiger partial charge in [-0.25, -0.2) is 17.9 Å². The molecule has 1 atom stereocenters. The molecule has 1 aliphatic rings. The minimum absolute atomic E-state index is 0.0825. The second-order valence-electron chi connectivity index (χ2n) is 4.44. The Hall–Kier alpha value is -1.63. The van der Waals surface area contributed by atoms with E-state index in [9.17, 15) is 8.42 Å². The van der Waals surface area contributed by atoms with Crippen molar-refractivity contribution in [1.29, 1.82) is 0 Å². The van der Waals surface area contributed by atoms with Crippen LogP contribution in [0.5, 0.6) is 5.75 Å². The van der Waals surface area contributed by atoms with Crippen molar-refractivity contribution in [2.24, 2.45) is 0 Å². The number of hydrogen-bond donors (Lipinski definition) is 0. The Morgan fingerprint density at radius 2 is 2.33 bits per heavy atom. The van der Waals surface area contributed by atoms with E-state index in [1.807, 2.05) is 0 Å². The van der Waals surface area contributed by atoms with Crippen LogP contribution in [0.4, 0.5) is 0 Å². The van der Waals surface area contributed by atoms with Gasteiger partial charge in [-0.3, -0.25) is 0 Å². The summed E-state index contributed by atoms with van der Waals surface area (Å²) in [5.74, 6) is 1.61. The number of pyridine rings is 1. The highest BCUT2D eigenvalue weighted by Crippen LogP contribution is 2.27. The van der Waals surface area contributed by atoms with E-state index in [1.165, 1.54) is 0 Å². The predicted octanol–water partition coefficient (Wildman–Crippen LogP) is 0.640. The van der Waals surface area contributed by atoms with Gasteiger partial charge in [0.1, 0.15) is 5.75 Å². The van der Waals surface area contributed by atoms with E-state index in [2.05, 4.69) is 10.1 Å². The monoisotopic (exact) mass is 267 g/mol. The number of hydrogen-bond acceptors (Lipinski definition) is 5. The molecule has 0 N–H and O–H groups in total. The van der Waals surface area contributed by atoms with Gasteiger partial charge in [-0.2, -0.15) is 5.10 Å². The summed E-state index contributed by atoms with van der Waals surface area (Å²) in [5.41, 5.74) is 0.675. The zero-order valence-electron chi connectivity index (χ0n) is 9.91. The van der Waals surface area contributed by atoms with E-state index in [0.717, 1.165) is 0 Å². The molecule has 96 valence electrons. The van der Waals surface area contributed by atoms with Gasteiger partial charge < -0.3 is 4.74 Å². The molecule has 2 aromatic heterocycles. The zero-order chi connectivity index (χ0) is 12.8. The lowest BCUT2D eigenvalue weighted by Crippen LogP contribution is -2.05. The fraction of sp³-hybridized carbons (Fsp3) is 0.455. The maximum atomic E-state index is 11.4. The topological polar surface area (TPSA) is 73.6 Å². The molecule has 1 aliphatic heterocycles. The molecule has 0 radical (unpaired) electrons. The van der Waals surface area contributed by atoms with Crippen LogP contribution in [0.1, 0.15) is 18.2 Å². The second kappa shape index (κ2) is 3.94. The average Bonchev–Trinajstić information content (AvgIpc) is 2.90. The molecular weight excluding hydrogens is 254 g/mol. The summed E-state index contributed by atoms with van der Waals surface area (Å²) in [6.45, 7) is 0. The van der Waals surface area contributed by atoms with Crippen LogP contribution in [-0.2, 0) is 9.84 Å². The molecule has 0 aliphatic carbocycles. The summed E-state index contributed by atoms with van der Waals surface area (Å²) in [5, 5.41) is 4.32. The summed E-state index contributed by atoms with van der Waals surface area (Å²) in [4.78, 5) is 4.38. The van der Waals surface area contributed by atoms with Crippen molar-refractivity contribution < 1.29 is 13.2 Å². The van der Waals surface area contributed by atoms with Gasteiger partial charge in [0.05, 0.1) is 18.6 Å². The van der Waals surface area contributed by atoms with Crippen LogP contribution >= 0.6 is 0 Å². The molecule has 1 fully saturated rings. The van der Waals surface area contributed by atoms with Crippen molar-refractivity contribution in [3.8, 4) is 5.75 Å². The van der Waals surface area contributed by atoms with E-state index in [-0.39, 0.29) is 17.4 Å². The standard InChI is InChI=1S/C11H13N3O3S/c1-17-9-2-4-14-10(6-9)12-11(13-14)8-3-5-18(15,16)7-8/h2,4,6,8H,3,5,7H2,1H3. The highest BCUT2D eigenvalue weighted by atomic mass is 32.2. The first-order valence-electron chi connectivity index (χ1n) is 5.68. The minimum Gasteiger partial charge on any atom is -0.497 e. The first kappa shape index (κ1) is 11.5. The summed E-state index contributed by atoms with van der Waals surface area (Å²) < 4.78 is 29.6. The largest absolute Gasteiger partial charge is 0.497 e. The van der Waals surface area contributed by atoms with E-state index in [1.54, 1.807) is 30.0 Å². The normalized spacial score (nSPS) is 22.4. The molecule has 3 heterocycles. The van der Waals surface area contributed by atoms with Crippen molar-refractivity contribution in [3.05, 3.63) is 24.2 Å². The summed E-state index contributed by atoms with van der Waals surface area (Å²) in [6.07, 6.45) is 2.37. The molecule has 0 spiro atoms. The molecule has 18 heavy (non-hydrogen) atoms. The van der Waals surface area contributed by atoms with E-state index < -0.39 is 9.84 Å². The Morgan fingerprint density at radius 3 is 3.00 bits per heavy atom. The minimum atomic E-state index is -2.91. The van der Waals surface area contributed by atoms with E-state index >= 15 is 0 Å². The van der Waals surface area contributed by atoms with Gasteiger partial charge in [0.15, 0.2) is 21.3 Å². The fourth-order valence-corrected chi connectivity index (χ4v) is 3.92. The molecule has 0 bridgehead atoms. The number of sulfone groups is 1. The SMILES string of the molecule is COc1ccn2nc(C3CCS(=O)(=O)C3)nc2c1. The molecule has 7 heteroatoms. The Morgan fingerprint density at radius 1 is 1.50 bits per heavy atom. The van der Waals surface area contributed by atoms with Gasteiger partial charge >= 0.3 is 0 Å². The lowest BCUT2D eigenvalue weighted by atomic mass is 10.1. The quantitative estimate of drug-likeness (QED) is 0.798. The molecule has 2 aromatic rings. The van der Waals surface area contributed by atoms with Crippen LogP contribution in [-0.4, -0.2) is 41.6 Å². The number of methoxy groups -OCH3 is 1. The first-order chi connectivity index (χ1) is 8.57. The van der Waals surface area contributed by atoms with Gasteiger partial charge in [0.25, 0.3) is 0 Å². The van der Waals surface area contributed by atoms with Crippen molar-refractivity contribution in [3.63, 3.8) is 0 Å². The van der Waals surface area contributed by atoms with E-state index in [4.69, 9.17) is 4.74 Å². The summed E-state index contributed by atoms with van der Waals surface area (Å²) in [6, 6.07) is 3.57. The molecule has 1 saturated heterocycles.